The molecule has 2 aliphatic rings. The van der Waals surface area contributed by atoms with Crippen molar-refractivity contribution in [3.05, 3.63) is 12.2 Å². The first-order chi connectivity index (χ1) is 8.83. The fourth-order valence-electron chi connectivity index (χ4n) is 4.67. The van der Waals surface area contributed by atoms with Gasteiger partial charge in [-0.2, -0.15) is 0 Å². The first-order valence-electron chi connectivity index (χ1n) is 7.05. The lowest BCUT2D eigenvalue weighted by Gasteiger charge is -2.40. The summed E-state index contributed by atoms with van der Waals surface area (Å²) in [4.78, 5) is 24.1. The van der Waals surface area contributed by atoms with Crippen molar-refractivity contribution < 1.29 is 14.3 Å². The predicted octanol–water partition coefficient (Wildman–Crippen LogP) is 2.85. The van der Waals surface area contributed by atoms with Gasteiger partial charge in [0.1, 0.15) is 6.29 Å². The van der Waals surface area contributed by atoms with Gasteiger partial charge in [-0.1, -0.05) is 39.8 Å². The van der Waals surface area contributed by atoms with E-state index in [1.807, 2.05) is 6.92 Å². The summed E-state index contributed by atoms with van der Waals surface area (Å²) in [5.41, 5.74) is -0.736. The Balaban J connectivity index is 2.57. The SMILES string of the molecule is COC(=O)[C@@H]1[C@@H]2CC=C[C@]2(C)[C@@](C)(C=O)[C@H]1C(C)C. The third-order valence-corrected chi connectivity index (χ3v) is 5.73. The highest BCUT2D eigenvalue weighted by Gasteiger charge is 2.67. The third-order valence-electron chi connectivity index (χ3n) is 5.73. The minimum atomic E-state index is -0.502. The molecule has 0 N–H and O–H groups in total. The van der Waals surface area contributed by atoms with Crippen molar-refractivity contribution in [2.24, 2.45) is 34.5 Å². The summed E-state index contributed by atoms with van der Waals surface area (Å²) >= 11 is 0. The monoisotopic (exact) mass is 264 g/mol. The van der Waals surface area contributed by atoms with E-state index in [4.69, 9.17) is 4.74 Å². The van der Waals surface area contributed by atoms with Crippen molar-refractivity contribution in [3.63, 3.8) is 0 Å². The standard InChI is InChI=1S/C16H24O3/c1-10(2)13-12(14(18)19-5)11-7-6-8-15(11,3)16(13,4)9-17/h6,8-13H,7H2,1-5H3/t11-,12+,13-,15-,16-/m0/s1. The van der Waals surface area contributed by atoms with Gasteiger partial charge in [0.15, 0.2) is 0 Å². The fourth-order valence-corrected chi connectivity index (χ4v) is 4.67. The molecule has 0 aromatic carbocycles. The molecule has 2 aliphatic carbocycles. The lowest BCUT2D eigenvalue weighted by molar-refractivity contribution is -0.149. The Kier molecular flexibility index (Phi) is 3.36. The Morgan fingerprint density at radius 1 is 1.42 bits per heavy atom. The Bertz CT molecular complexity index is 426. The molecule has 0 spiro atoms. The number of aldehydes is 1. The van der Waals surface area contributed by atoms with E-state index in [0.29, 0.717) is 0 Å². The number of esters is 1. The van der Waals surface area contributed by atoms with Gasteiger partial charge in [-0.3, -0.25) is 4.79 Å². The van der Waals surface area contributed by atoms with Gasteiger partial charge in [-0.25, -0.2) is 0 Å². The van der Waals surface area contributed by atoms with Crippen LogP contribution in [-0.2, 0) is 14.3 Å². The minimum Gasteiger partial charge on any atom is -0.469 e. The van der Waals surface area contributed by atoms with Crippen molar-refractivity contribution in [1.29, 1.82) is 0 Å². The molecule has 0 amide bonds. The van der Waals surface area contributed by atoms with E-state index in [0.717, 1.165) is 12.7 Å². The average molecular weight is 264 g/mol. The van der Waals surface area contributed by atoms with Crippen molar-refractivity contribution in [3.8, 4) is 0 Å². The third kappa shape index (κ3) is 1.63. The summed E-state index contributed by atoms with van der Waals surface area (Å²) in [6, 6.07) is 0. The van der Waals surface area contributed by atoms with Crippen LogP contribution in [0.1, 0.15) is 34.1 Å². The second-order valence-electron chi connectivity index (χ2n) is 6.75. The summed E-state index contributed by atoms with van der Waals surface area (Å²) in [6.07, 6.45) is 6.19. The molecule has 1 fully saturated rings. The van der Waals surface area contributed by atoms with Crippen molar-refractivity contribution >= 4 is 12.3 Å². The molecular formula is C16H24O3. The highest BCUT2D eigenvalue weighted by atomic mass is 16.5. The highest BCUT2D eigenvalue weighted by Crippen LogP contribution is 2.66. The lowest BCUT2D eigenvalue weighted by Crippen LogP contribution is -2.40. The summed E-state index contributed by atoms with van der Waals surface area (Å²) in [5.74, 6) is 0.152. The number of hydrogen-bond acceptors (Lipinski definition) is 3. The zero-order valence-electron chi connectivity index (χ0n) is 12.5. The van der Waals surface area contributed by atoms with Crippen molar-refractivity contribution in [2.75, 3.05) is 7.11 Å². The molecule has 0 aromatic heterocycles. The molecule has 5 atom stereocenters. The van der Waals surface area contributed by atoms with Gasteiger partial charge in [-0.05, 0) is 24.2 Å². The summed E-state index contributed by atoms with van der Waals surface area (Å²) in [6.45, 7) is 8.32. The van der Waals surface area contributed by atoms with E-state index in [9.17, 15) is 9.59 Å². The number of rotatable bonds is 3. The quantitative estimate of drug-likeness (QED) is 0.447. The largest absolute Gasteiger partial charge is 0.469 e. The van der Waals surface area contributed by atoms with Crippen LogP contribution in [0.25, 0.3) is 0 Å². The molecule has 3 nitrogen and oxygen atoms in total. The molecule has 0 radical (unpaired) electrons. The molecule has 106 valence electrons. The molecule has 1 saturated carbocycles. The topological polar surface area (TPSA) is 43.4 Å². The maximum Gasteiger partial charge on any atom is 0.309 e. The van der Waals surface area contributed by atoms with E-state index in [-0.39, 0.29) is 35.1 Å². The zero-order valence-corrected chi connectivity index (χ0v) is 12.5. The highest BCUT2D eigenvalue weighted by molar-refractivity contribution is 5.77. The normalized spacial score (nSPS) is 44.4. The van der Waals surface area contributed by atoms with Crippen molar-refractivity contribution in [2.45, 2.75) is 34.1 Å². The van der Waals surface area contributed by atoms with Gasteiger partial charge in [0.25, 0.3) is 0 Å². The van der Waals surface area contributed by atoms with Crippen LogP contribution >= 0.6 is 0 Å². The molecule has 0 heterocycles. The Morgan fingerprint density at radius 3 is 2.53 bits per heavy atom. The van der Waals surface area contributed by atoms with Gasteiger partial charge < -0.3 is 9.53 Å². The Hall–Kier alpha value is -1.12. The first-order valence-corrected chi connectivity index (χ1v) is 7.05. The molecule has 0 aromatic rings. The molecule has 0 bridgehead atoms. The number of fused-ring (bicyclic) bond motifs is 1. The molecule has 0 saturated heterocycles. The number of methoxy groups -OCH3 is 1. The number of hydrogen-bond donors (Lipinski definition) is 0. The summed E-state index contributed by atoms with van der Waals surface area (Å²) in [7, 11) is 1.44. The molecular weight excluding hydrogens is 240 g/mol. The van der Waals surface area contributed by atoms with Gasteiger partial charge in [0, 0.05) is 10.8 Å². The first kappa shape index (κ1) is 14.3. The van der Waals surface area contributed by atoms with Crippen LogP contribution in [0.4, 0.5) is 0 Å². The van der Waals surface area contributed by atoms with Gasteiger partial charge in [-0.15, -0.1) is 0 Å². The van der Waals surface area contributed by atoms with Gasteiger partial charge in [0.05, 0.1) is 13.0 Å². The van der Waals surface area contributed by atoms with Crippen LogP contribution in [0.15, 0.2) is 12.2 Å². The second-order valence-corrected chi connectivity index (χ2v) is 6.75. The molecule has 19 heavy (non-hydrogen) atoms. The van der Waals surface area contributed by atoms with Gasteiger partial charge >= 0.3 is 5.97 Å². The molecule has 0 aliphatic heterocycles. The van der Waals surface area contributed by atoms with Crippen LogP contribution in [-0.4, -0.2) is 19.4 Å². The van der Waals surface area contributed by atoms with Crippen LogP contribution in [0.5, 0.6) is 0 Å². The predicted molar refractivity (Wildman–Crippen MR) is 73.4 cm³/mol. The maximum atomic E-state index is 12.3. The second kappa shape index (κ2) is 4.46. The fraction of sp³-hybridized carbons (Fsp3) is 0.750. The molecule has 0 unspecified atom stereocenters. The lowest BCUT2D eigenvalue weighted by atomic mass is 9.62. The zero-order chi connectivity index (χ0) is 14.4. The number of allylic oxidation sites excluding steroid dienone is 2. The number of carbonyl (C=O) groups excluding carboxylic acids is 2. The summed E-state index contributed by atoms with van der Waals surface area (Å²) in [5, 5.41) is 0. The van der Waals surface area contributed by atoms with E-state index in [2.05, 4.69) is 32.9 Å². The molecule has 2 rings (SSSR count). The van der Waals surface area contributed by atoms with Crippen LogP contribution in [0.2, 0.25) is 0 Å². The van der Waals surface area contributed by atoms with Crippen molar-refractivity contribution in [1.82, 2.24) is 0 Å². The number of carbonyl (C=O) groups is 2. The average Bonchev–Trinajstić information content (AvgIpc) is 2.83. The van der Waals surface area contributed by atoms with Gasteiger partial charge in [0.2, 0.25) is 0 Å². The minimum absolute atomic E-state index is 0.0393. The van der Waals surface area contributed by atoms with Crippen LogP contribution < -0.4 is 0 Å². The Labute approximate surface area is 115 Å². The van der Waals surface area contributed by atoms with E-state index >= 15 is 0 Å². The van der Waals surface area contributed by atoms with Crippen LogP contribution in [0, 0.1) is 34.5 Å². The van der Waals surface area contributed by atoms with E-state index in [1.165, 1.54) is 7.11 Å². The smallest absolute Gasteiger partial charge is 0.309 e. The maximum absolute atomic E-state index is 12.3. The Morgan fingerprint density at radius 2 is 2.05 bits per heavy atom. The number of ether oxygens (including phenoxy) is 1. The van der Waals surface area contributed by atoms with E-state index in [1.54, 1.807) is 0 Å². The van der Waals surface area contributed by atoms with E-state index < -0.39 is 5.41 Å². The molecule has 3 heteroatoms. The van der Waals surface area contributed by atoms with Crippen LogP contribution in [0.3, 0.4) is 0 Å². The summed E-state index contributed by atoms with van der Waals surface area (Å²) < 4.78 is 5.02.